The van der Waals surface area contributed by atoms with Gasteiger partial charge in [-0.05, 0) is 19.4 Å². The first-order valence-corrected chi connectivity index (χ1v) is 5.97. The van der Waals surface area contributed by atoms with Gasteiger partial charge in [0.2, 0.25) is 0 Å². The van der Waals surface area contributed by atoms with Gasteiger partial charge >= 0.3 is 0 Å². The number of halogens is 1. The van der Waals surface area contributed by atoms with Crippen molar-refractivity contribution in [2.24, 2.45) is 0 Å². The number of hydrogen-bond donors (Lipinski definition) is 2. The van der Waals surface area contributed by atoms with Crippen LogP contribution in [0.4, 0.5) is 0 Å². The minimum Gasteiger partial charge on any atom is -0.390 e. The Bertz CT molecular complexity index is 185. The largest absolute Gasteiger partial charge is 0.390 e. The van der Waals surface area contributed by atoms with E-state index in [2.05, 4.69) is 17.1 Å². The standard InChI is InChI=1S/C11H22N2O.ClH/c1-2-13(9-5-3-4-6-9)10-7-12-8-11(10)14;/h9-12,14H,2-8H2,1H3;1H/t10-,11-;/m1./s1. The lowest BCUT2D eigenvalue weighted by Crippen LogP contribution is -2.47. The normalized spacial score (nSPS) is 32.2. The lowest BCUT2D eigenvalue weighted by atomic mass is 10.1. The third-order valence-electron chi connectivity index (χ3n) is 3.74. The third kappa shape index (κ3) is 2.84. The first-order valence-electron chi connectivity index (χ1n) is 5.97. The number of aliphatic hydroxyl groups is 1. The van der Waals surface area contributed by atoms with Crippen LogP contribution in [0.5, 0.6) is 0 Å². The molecular weight excluding hydrogens is 212 g/mol. The topological polar surface area (TPSA) is 35.5 Å². The van der Waals surface area contributed by atoms with Gasteiger partial charge in [-0.3, -0.25) is 4.90 Å². The average molecular weight is 235 g/mol. The molecule has 2 rings (SSSR count). The number of hydrogen-bond acceptors (Lipinski definition) is 3. The summed E-state index contributed by atoms with van der Waals surface area (Å²) in [5, 5.41) is 13.1. The number of likely N-dealkylation sites (N-methyl/N-ethyl adjacent to an activating group) is 1. The van der Waals surface area contributed by atoms with E-state index < -0.39 is 0 Å². The Kier molecular flexibility index (Phi) is 5.33. The Labute approximate surface area is 98.6 Å². The van der Waals surface area contributed by atoms with Crippen LogP contribution >= 0.6 is 12.4 Å². The zero-order valence-electron chi connectivity index (χ0n) is 9.48. The van der Waals surface area contributed by atoms with Crippen LogP contribution in [0, 0.1) is 0 Å². The van der Waals surface area contributed by atoms with E-state index in [1.54, 1.807) is 0 Å². The van der Waals surface area contributed by atoms with Gasteiger partial charge in [0.25, 0.3) is 0 Å². The Hall–Kier alpha value is 0.170. The van der Waals surface area contributed by atoms with Gasteiger partial charge in [-0.25, -0.2) is 0 Å². The summed E-state index contributed by atoms with van der Waals surface area (Å²) in [5.74, 6) is 0. The van der Waals surface area contributed by atoms with E-state index in [4.69, 9.17) is 0 Å². The van der Waals surface area contributed by atoms with Crippen LogP contribution in [0.25, 0.3) is 0 Å². The van der Waals surface area contributed by atoms with E-state index >= 15 is 0 Å². The molecule has 2 N–H and O–H groups in total. The van der Waals surface area contributed by atoms with Crippen molar-refractivity contribution in [1.82, 2.24) is 10.2 Å². The monoisotopic (exact) mass is 234 g/mol. The molecule has 0 radical (unpaired) electrons. The number of nitrogens with one attached hydrogen (secondary N) is 1. The predicted molar refractivity (Wildman–Crippen MR) is 64.5 cm³/mol. The van der Waals surface area contributed by atoms with Crippen molar-refractivity contribution >= 4 is 12.4 Å². The molecule has 2 fully saturated rings. The number of β-amino-alcohol motifs (C(OH)–C–C–N with tert-alkyl or cyclic N) is 1. The van der Waals surface area contributed by atoms with Crippen molar-refractivity contribution in [3.05, 3.63) is 0 Å². The molecular formula is C11H23ClN2O. The van der Waals surface area contributed by atoms with Gasteiger partial charge in [-0.15, -0.1) is 12.4 Å². The highest BCUT2D eigenvalue weighted by atomic mass is 35.5. The smallest absolute Gasteiger partial charge is 0.0831 e. The van der Waals surface area contributed by atoms with Crippen molar-refractivity contribution in [3.8, 4) is 0 Å². The summed E-state index contributed by atoms with van der Waals surface area (Å²) in [5.41, 5.74) is 0. The molecule has 0 aromatic heterocycles. The molecule has 1 aliphatic carbocycles. The van der Waals surface area contributed by atoms with Gasteiger partial charge < -0.3 is 10.4 Å². The van der Waals surface area contributed by atoms with Crippen LogP contribution in [0.2, 0.25) is 0 Å². The lowest BCUT2D eigenvalue weighted by Gasteiger charge is -2.34. The molecule has 2 aliphatic rings. The second-order valence-corrected chi connectivity index (χ2v) is 4.56. The predicted octanol–water partition coefficient (Wildman–Crippen LogP) is 1.01. The molecule has 1 aliphatic heterocycles. The summed E-state index contributed by atoms with van der Waals surface area (Å²) in [6.45, 7) is 5.02. The minimum atomic E-state index is -0.157. The summed E-state index contributed by atoms with van der Waals surface area (Å²) in [7, 11) is 0. The van der Waals surface area contributed by atoms with Crippen molar-refractivity contribution in [2.45, 2.75) is 50.8 Å². The minimum absolute atomic E-state index is 0. The number of aliphatic hydroxyl groups excluding tert-OH is 1. The lowest BCUT2D eigenvalue weighted by molar-refractivity contribution is 0.0590. The number of nitrogens with zero attached hydrogens (tertiary/aromatic N) is 1. The molecule has 0 amide bonds. The summed E-state index contributed by atoms with van der Waals surface area (Å²) in [4.78, 5) is 2.51. The van der Waals surface area contributed by atoms with Crippen LogP contribution in [0.1, 0.15) is 32.6 Å². The van der Waals surface area contributed by atoms with Crippen LogP contribution in [-0.2, 0) is 0 Å². The quantitative estimate of drug-likeness (QED) is 0.765. The molecule has 0 bridgehead atoms. The summed E-state index contributed by atoms with van der Waals surface area (Å²) >= 11 is 0. The van der Waals surface area contributed by atoms with E-state index in [0.29, 0.717) is 6.04 Å². The molecule has 0 spiro atoms. The molecule has 0 unspecified atom stereocenters. The SMILES string of the molecule is CCN(C1CCCC1)[C@@H]1CNC[C@H]1O.Cl. The Balaban J connectivity index is 0.00000112. The zero-order chi connectivity index (χ0) is 9.97. The maximum absolute atomic E-state index is 9.85. The van der Waals surface area contributed by atoms with Gasteiger partial charge in [-0.2, -0.15) is 0 Å². The van der Waals surface area contributed by atoms with Gasteiger partial charge in [0, 0.05) is 25.2 Å². The highest BCUT2D eigenvalue weighted by molar-refractivity contribution is 5.85. The Morgan fingerprint density at radius 2 is 1.93 bits per heavy atom. The van der Waals surface area contributed by atoms with Gasteiger partial charge in [0.05, 0.1) is 6.10 Å². The molecule has 4 heteroatoms. The van der Waals surface area contributed by atoms with Crippen molar-refractivity contribution in [1.29, 1.82) is 0 Å². The first kappa shape index (κ1) is 13.2. The molecule has 90 valence electrons. The zero-order valence-corrected chi connectivity index (χ0v) is 10.3. The highest BCUT2D eigenvalue weighted by Crippen LogP contribution is 2.26. The fraction of sp³-hybridized carbons (Fsp3) is 1.00. The van der Waals surface area contributed by atoms with Crippen LogP contribution < -0.4 is 5.32 Å². The molecule has 2 atom stereocenters. The third-order valence-corrected chi connectivity index (χ3v) is 3.74. The van der Waals surface area contributed by atoms with Crippen LogP contribution in [-0.4, -0.2) is 47.8 Å². The summed E-state index contributed by atoms with van der Waals surface area (Å²) < 4.78 is 0. The van der Waals surface area contributed by atoms with Crippen molar-refractivity contribution in [2.75, 3.05) is 19.6 Å². The Morgan fingerprint density at radius 3 is 2.40 bits per heavy atom. The number of rotatable bonds is 3. The van der Waals surface area contributed by atoms with Crippen molar-refractivity contribution in [3.63, 3.8) is 0 Å². The highest BCUT2D eigenvalue weighted by Gasteiger charge is 2.34. The molecule has 1 saturated heterocycles. The Morgan fingerprint density at radius 1 is 1.27 bits per heavy atom. The summed E-state index contributed by atoms with van der Waals surface area (Å²) in [6, 6.07) is 1.10. The van der Waals surface area contributed by atoms with E-state index in [-0.39, 0.29) is 18.5 Å². The van der Waals surface area contributed by atoms with E-state index in [9.17, 15) is 5.11 Å². The maximum atomic E-state index is 9.85. The molecule has 1 saturated carbocycles. The average Bonchev–Trinajstić information content (AvgIpc) is 2.80. The van der Waals surface area contributed by atoms with Crippen molar-refractivity contribution < 1.29 is 5.11 Å². The summed E-state index contributed by atoms with van der Waals surface area (Å²) in [6.07, 6.45) is 5.25. The van der Waals surface area contributed by atoms with Crippen LogP contribution in [0.15, 0.2) is 0 Å². The van der Waals surface area contributed by atoms with Gasteiger partial charge in [-0.1, -0.05) is 19.8 Å². The molecule has 0 aromatic carbocycles. The molecule has 3 nitrogen and oxygen atoms in total. The second kappa shape index (κ2) is 6.04. The first-order chi connectivity index (χ1) is 6.83. The van der Waals surface area contributed by atoms with Gasteiger partial charge in [0.1, 0.15) is 0 Å². The van der Waals surface area contributed by atoms with Crippen LogP contribution in [0.3, 0.4) is 0 Å². The second-order valence-electron chi connectivity index (χ2n) is 4.56. The molecule has 1 heterocycles. The fourth-order valence-corrected chi connectivity index (χ4v) is 2.99. The van der Waals surface area contributed by atoms with E-state index in [1.807, 2.05) is 0 Å². The van der Waals surface area contributed by atoms with E-state index in [0.717, 1.165) is 25.7 Å². The van der Waals surface area contributed by atoms with Gasteiger partial charge in [0.15, 0.2) is 0 Å². The maximum Gasteiger partial charge on any atom is 0.0831 e. The molecule has 15 heavy (non-hydrogen) atoms. The fourth-order valence-electron chi connectivity index (χ4n) is 2.99. The molecule has 0 aromatic rings. The van der Waals surface area contributed by atoms with E-state index in [1.165, 1.54) is 25.7 Å².